The molecule has 3 fully saturated rings. The Labute approximate surface area is 141 Å². The van der Waals surface area contributed by atoms with Gasteiger partial charge in [0.15, 0.2) is 0 Å². The summed E-state index contributed by atoms with van der Waals surface area (Å²) in [5.74, 6) is 3.23. The van der Waals surface area contributed by atoms with E-state index in [1.54, 1.807) is 0 Å². The molecule has 1 heterocycles. The average Bonchev–Trinajstić information content (AvgIpc) is 2.55. The van der Waals surface area contributed by atoms with Crippen molar-refractivity contribution in [2.75, 3.05) is 19.6 Å². The van der Waals surface area contributed by atoms with Crippen LogP contribution < -0.4 is 10.6 Å². The van der Waals surface area contributed by atoms with Gasteiger partial charge < -0.3 is 10.6 Å². The second-order valence-electron chi connectivity index (χ2n) is 7.61. The Kier molecular flexibility index (Phi) is 7.49. The summed E-state index contributed by atoms with van der Waals surface area (Å²) in [4.78, 5) is 12.4. The van der Waals surface area contributed by atoms with Gasteiger partial charge in [-0.05, 0) is 69.4 Å². The van der Waals surface area contributed by atoms with Crippen molar-refractivity contribution in [3.63, 3.8) is 0 Å². The van der Waals surface area contributed by atoms with Crippen LogP contribution in [-0.4, -0.2) is 25.5 Å². The van der Waals surface area contributed by atoms with Gasteiger partial charge in [0.2, 0.25) is 5.91 Å². The number of piperidine rings is 1. The largest absolute Gasteiger partial charge is 0.356 e. The summed E-state index contributed by atoms with van der Waals surface area (Å²) in [7, 11) is 0. The Morgan fingerprint density at radius 3 is 2.59 bits per heavy atom. The number of rotatable bonds is 4. The third kappa shape index (κ3) is 4.86. The number of halogens is 1. The monoisotopic (exact) mass is 328 g/mol. The van der Waals surface area contributed by atoms with Crippen molar-refractivity contribution >= 4 is 18.3 Å². The smallest absolute Gasteiger partial charge is 0.223 e. The lowest BCUT2D eigenvalue weighted by Crippen LogP contribution is -2.39. The van der Waals surface area contributed by atoms with E-state index in [2.05, 4.69) is 10.6 Å². The van der Waals surface area contributed by atoms with Crippen molar-refractivity contribution in [2.24, 2.45) is 23.7 Å². The molecule has 0 radical (unpaired) electrons. The van der Waals surface area contributed by atoms with Gasteiger partial charge in [0.25, 0.3) is 0 Å². The molecule has 0 bridgehead atoms. The van der Waals surface area contributed by atoms with Crippen molar-refractivity contribution in [3.05, 3.63) is 0 Å². The molecule has 0 aromatic heterocycles. The SMILES string of the molecule is Cl.O=C(NCCC1CCCNC1)C1CCC2CCCCC2C1. The van der Waals surface area contributed by atoms with Crippen LogP contribution in [0.2, 0.25) is 0 Å². The predicted molar refractivity (Wildman–Crippen MR) is 93.3 cm³/mol. The Hall–Kier alpha value is -0.280. The van der Waals surface area contributed by atoms with Gasteiger partial charge in [0, 0.05) is 12.5 Å². The molecule has 2 N–H and O–H groups in total. The maximum absolute atomic E-state index is 12.4. The zero-order valence-corrected chi connectivity index (χ0v) is 14.6. The van der Waals surface area contributed by atoms with Gasteiger partial charge in [-0.15, -0.1) is 12.4 Å². The third-order valence-electron chi connectivity index (χ3n) is 6.16. The highest BCUT2D eigenvalue weighted by atomic mass is 35.5. The minimum atomic E-state index is 0. The Morgan fingerprint density at radius 1 is 1.00 bits per heavy atom. The van der Waals surface area contributed by atoms with Crippen LogP contribution in [0.3, 0.4) is 0 Å². The molecule has 128 valence electrons. The van der Waals surface area contributed by atoms with Gasteiger partial charge in [0.1, 0.15) is 0 Å². The van der Waals surface area contributed by atoms with Gasteiger partial charge in [-0.2, -0.15) is 0 Å². The summed E-state index contributed by atoms with van der Waals surface area (Å²) in [6.45, 7) is 3.20. The van der Waals surface area contributed by atoms with E-state index in [9.17, 15) is 4.79 Å². The second-order valence-corrected chi connectivity index (χ2v) is 7.61. The lowest BCUT2D eigenvalue weighted by molar-refractivity contribution is -0.127. The fraction of sp³-hybridized carbons (Fsp3) is 0.944. The molecule has 1 aliphatic heterocycles. The fourth-order valence-electron chi connectivity index (χ4n) is 4.83. The molecule has 1 saturated heterocycles. The zero-order valence-electron chi connectivity index (χ0n) is 13.8. The van der Waals surface area contributed by atoms with E-state index in [4.69, 9.17) is 0 Å². The van der Waals surface area contributed by atoms with E-state index in [0.717, 1.165) is 43.7 Å². The molecule has 0 aromatic carbocycles. The molecule has 3 rings (SSSR count). The highest BCUT2D eigenvalue weighted by Gasteiger charge is 2.34. The van der Waals surface area contributed by atoms with Crippen molar-refractivity contribution < 1.29 is 4.79 Å². The van der Waals surface area contributed by atoms with Crippen LogP contribution in [0.5, 0.6) is 0 Å². The number of hydrogen-bond acceptors (Lipinski definition) is 2. The van der Waals surface area contributed by atoms with Crippen molar-refractivity contribution in [1.82, 2.24) is 10.6 Å². The molecular weight excluding hydrogens is 296 g/mol. The van der Waals surface area contributed by atoms with Crippen LogP contribution in [0.1, 0.15) is 64.2 Å². The number of carbonyl (C=O) groups is 1. The van der Waals surface area contributed by atoms with Crippen LogP contribution in [0, 0.1) is 23.7 Å². The lowest BCUT2D eigenvalue weighted by atomic mass is 9.67. The van der Waals surface area contributed by atoms with E-state index in [0.29, 0.717) is 11.8 Å². The molecule has 3 aliphatic rings. The summed E-state index contributed by atoms with van der Waals surface area (Å²) >= 11 is 0. The topological polar surface area (TPSA) is 41.1 Å². The van der Waals surface area contributed by atoms with Crippen LogP contribution in [0.25, 0.3) is 0 Å². The molecule has 0 aromatic rings. The highest BCUT2D eigenvalue weighted by Crippen LogP contribution is 2.42. The summed E-state index contributed by atoms with van der Waals surface area (Å²) in [6, 6.07) is 0. The summed E-state index contributed by atoms with van der Waals surface area (Å²) in [5.41, 5.74) is 0. The normalized spacial score (nSPS) is 35.1. The van der Waals surface area contributed by atoms with Gasteiger partial charge in [0.05, 0.1) is 0 Å². The van der Waals surface area contributed by atoms with E-state index in [1.165, 1.54) is 57.9 Å². The summed E-state index contributed by atoms with van der Waals surface area (Å²) in [6.07, 6.45) is 13.0. The molecule has 0 spiro atoms. The number of nitrogens with one attached hydrogen (secondary N) is 2. The lowest BCUT2D eigenvalue weighted by Gasteiger charge is -2.38. The second kappa shape index (κ2) is 9.12. The van der Waals surface area contributed by atoms with Crippen LogP contribution >= 0.6 is 12.4 Å². The van der Waals surface area contributed by atoms with E-state index >= 15 is 0 Å². The molecule has 2 saturated carbocycles. The first-order valence-electron chi connectivity index (χ1n) is 9.31. The van der Waals surface area contributed by atoms with Crippen LogP contribution in [-0.2, 0) is 4.79 Å². The first-order valence-corrected chi connectivity index (χ1v) is 9.31. The zero-order chi connectivity index (χ0) is 14.5. The van der Waals surface area contributed by atoms with E-state index in [1.807, 2.05) is 0 Å². The Bertz CT molecular complexity index is 344. The maximum Gasteiger partial charge on any atom is 0.223 e. The van der Waals surface area contributed by atoms with Crippen molar-refractivity contribution in [1.29, 1.82) is 0 Å². The van der Waals surface area contributed by atoms with Crippen molar-refractivity contribution in [2.45, 2.75) is 64.2 Å². The molecule has 4 unspecified atom stereocenters. The van der Waals surface area contributed by atoms with Crippen molar-refractivity contribution in [3.8, 4) is 0 Å². The van der Waals surface area contributed by atoms with Gasteiger partial charge in [-0.1, -0.05) is 25.7 Å². The van der Waals surface area contributed by atoms with Gasteiger partial charge in [-0.3, -0.25) is 4.79 Å². The number of carbonyl (C=O) groups excluding carboxylic acids is 1. The van der Waals surface area contributed by atoms with Crippen LogP contribution in [0.4, 0.5) is 0 Å². The van der Waals surface area contributed by atoms with Gasteiger partial charge in [-0.25, -0.2) is 0 Å². The van der Waals surface area contributed by atoms with E-state index < -0.39 is 0 Å². The maximum atomic E-state index is 12.4. The summed E-state index contributed by atoms with van der Waals surface area (Å²) < 4.78 is 0. The number of amides is 1. The molecule has 3 nitrogen and oxygen atoms in total. The highest BCUT2D eigenvalue weighted by molar-refractivity contribution is 5.85. The fourth-order valence-corrected chi connectivity index (χ4v) is 4.83. The molecule has 2 aliphatic carbocycles. The minimum absolute atomic E-state index is 0. The number of hydrogen-bond donors (Lipinski definition) is 2. The Morgan fingerprint density at radius 2 is 1.82 bits per heavy atom. The Balaban J connectivity index is 0.00000176. The minimum Gasteiger partial charge on any atom is -0.356 e. The first-order chi connectivity index (χ1) is 10.3. The van der Waals surface area contributed by atoms with E-state index in [-0.39, 0.29) is 12.4 Å². The quantitative estimate of drug-likeness (QED) is 0.829. The standard InChI is InChI=1S/C18H32N2O.ClH/c21-18(20-11-9-14-4-3-10-19-13-14)17-8-7-15-5-1-2-6-16(15)12-17;/h14-17,19H,1-13H2,(H,20,21);1H. The molecule has 22 heavy (non-hydrogen) atoms. The number of fused-ring (bicyclic) bond motifs is 1. The predicted octanol–water partition coefficient (Wildman–Crippen LogP) is 3.52. The molecular formula is C18H33ClN2O. The molecule has 1 amide bonds. The third-order valence-corrected chi connectivity index (χ3v) is 6.16. The van der Waals surface area contributed by atoms with Crippen LogP contribution in [0.15, 0.2) is 0 Å². The molecule has 4 heteroatoms. The van der Waals surface area contributed by atoms with Gasteiger partial charge >= 0.3 is 0 Å². The average molecular weight is 329 g/mol. The first kappa shape index (κ1) is 18.1. The molecule has 4 atom stereocenters. The summed E-state index contributed by atoms with van der Waals surface area (Å²) in [5, 5.41) is 6.68.